The van der Waals surface area contributed by atoms with Crippen LogP contribution in [-0.4, -0.2) is 23.0 Å². The summed E-state index contributed by atoms with van der Waals surface area (Å²) in [5, 5.41) is 1.48. The summed E-state index contributed by atoms with van der Waals surface area (Å²) in [5.41, 5.74) is 10.9. The first-order valence-electron chi connectivity index (χ1n) is 13.9. The minimum atomic E-state index is -1.29. The maximum atomic E-state index is 5.91. The third-order valence-electron chi connectivity index (χ3n) is 7.57. The summed E-state index contributed by atoms with van der Waals surface area (Å²) in [6.45, 7) is 7.14. The molecule has 0 saturated heterocycles. The van der Waals surface area contributed by atoms with Crippen LogP contribution in [0.15, 0.2) is 126 Å². The first-order chi connectivity index (χ1) is 19.9. The molecule has 0 spiro atoms. The van der Waals surface area contributed by atoms with Crippen LogP contribution in [0.3, 0.4) is 0 Å². The molecule has 0 fully saturated rings. The van der Waals surface area contributed by atoms with E-state index in [1.54, 1.807) is 0 Å². The molecule has 41 heavy (non-hydrogen) atoms. The molecule has 0 saturated carbocycles. The number of hydrogen-bond acceptors (Lipinski definition) is 4. The summed E-state index contributed by atoms with van der Waals surface area (Å²) in [6.07, 6.45) is 1.84. The molecule has 0 aliphatic heterocycles. The monoisotopic (exact) mass is 547 g/mol. The molecular formula is C36H29N3OSi. The van der Waals surface area contributed by atoms with Crippen molar-refractivity contribution in [1.82, 2.24) is 15.0 Å². The van der Waals surface area contributed by atoms with Crippen LogP contribution in [0.1, 0.15) is 0 Å². The van der Waals surface area contributed by atoms with Crippen LogP contribution >= 0.6 is 0 Å². The molecule has 0 amide bonds. The van der Waals surface area contributed by atoms with Crippen molar-refractivity contribution in [2.75, 3.05) is 0 Å². The van der Waals surface area contributed by atoms with Crippen LogP contribution in [0.4, 0.5) is 0 Å². The van der Waals surface area contributed by atoms with Gasteiger partial charge >= 0.3 is 0 Å². The van der Waals surface area contributed by atoms with E-state index in [2.05, 4.69) is 91.4 Å². The van der Waals surface area contributed by atoms with Gasteiger partial charge in [-0.05, 0) is 58.7 Å². The van der Waals surface area contributed by atoms with Crippen molar-refractivity contribution in [3.05, 3.63) is 121 Å². The second-order valence-electron chi connectivity index (χ2n) is 11.4. The summed E-state index contributed by atoms with van der Waals surface area (Å²) in [6, 6.07) is 40.0. The zero-order chi connectivity index (χ0) is 28.0. The molecule has 0 N–H and O–H groups in total. The average Bonchev–Trinajstić information content (AvgIpc) is 3.45. The largest absolute Gasteiger partial charge is 0.436 e. The third-order valence-corrected chi connectivity index (χ3v) is 9.63. The summed E-state index contributed by atoms with van der Waals surface area (Å²) >= 11 is 0. The fraction of sp³-hybridized carbons (Fsp3) is 0.0833. The molecule has 198 valence electrons. The van der Waals surface area contributed by atoms with Crippen molar-refractivity contribution in [2.45, 2.75) is 19.6 Å². The summed E-state index contributed by atoms with van der Waals surface area (Å²) in [5.74, 6) is 0.614. The molecular weight excluding hydrogens is 519 g/mol. The molecule has 0 radical (unpaired) electrons. The SMILES string of the molecule is C[Si](C)(C)c1ccc(-c2ccc(-c3ccc4nc(-c5ccc(-c6nc7ccccc7o6)cc5)cnc4c3)cc2)cc1. The molecule has 0 unspecified atom stereocenters. The topological polar surface area (TPSA) is 51.8 Å². The summed E-state index contributed by atoms with van der Waals surface area (Å²) in [7, 11) is -1.29. The van der Waals surface area contributed by atoms with Gasteiger partial charge in [0.1, 0.15) is 5.52 Å². The van der Waals surface area contributed by atoms with Crippen LogP contribution < -0.4 is 5.19 Å². The zero-order valence-corrected chi connectivity index (χ0v) is 24.3. The quantitative estimate of drug-likeness (QED) is 0.202. The van der Waals surface area contributed by atoms with Crippen LogP contribution in [-0.2, 0) is 0 Å². The maximum absolute atomic E-state index is 5.91. The van der Waals surface area contributed by atoms with Gasteiger partial charge in [0.25, 0.3) is 0 Å². The molecule has 0 aliphatic carbocycles. The van der Waals surface area contributed by atoms with Crippen molar-refractivity contribution < 1.29 is 4.42 Å². The number of aromatic nitrogens is 3. The fourth-order valence-electron chi connectivity index (χ4n) is 5.13. The Kier molecular flexibility index (Phi) is 6.09. The van der Waals surface area contributed by atoms with Crippen molar-refractivity contribution in [2.24, 2.45) is 0 Å². The normalized spacial score (nSPS) is 11.8. The molecule has 0 atom stereocenters. The molecule has 2 aromatic heterocycles. The van der Waals surface area contributed by atoms with E-state index in [1.807, 2.05) is 54.7 Å². The Morgan fingerprint density at radius 2 is 1.10 bits per heavy atom. The first-order valence-corrected chi connectivity index (χ1v) is 17.4. The van der Waals surface area contributed by atoms with E-state index in [0.29, 0.717) is 5.89 Å². The van der Waals surface area contributed by atoms with Crippen LogP contribution in [0.25, 0.3) is 67.1 Å². The van der Waals surface area contributed by atoms with Crippen molar-refractivity contribution in [3.8, 4) is 45.0 Å². The Morgan fingerprint density at radius 1 is 0.512 bits per heavy atom. The van der Waals surface area contributed by atoms with Gasteiger partial charge in [0.15, 0.2) is 5.58 Å². The maximum Gasteiger partial charge on any atom is 0.227 e. The average molecular weight is 548 g/mol. The van der Waals surface area contributed by atoms with E-state index in [1.165, 1.54) is 16.3 Å². The van der Waals surface area contributed by atoms with Crippen molar-refractivity contribution in [1.29, 1.82) is 0 Å². The number of nitrogens with zero attached hydrogens (tertiary/aromatic N) is 3. The number of rotatable bonds is 5. The van der Waals surface area contributed by atoms with E-state index < -0.39 is 8.07 Å². The van der Waals surface area contributed by atoms with Gasteiger partial charge in [-0.3, -0.25) is 4.98 Å². The molecule has 5 aromatic carbocycles. The van der Waals surface area contributed by atoms with Crippen molar-refractivity contribution in [3.63, 3.8) is 0 Å². The Balaban J connectivity index is 1.11. The van der Waals surface area contributed by atoms with E-state index in [4.69, 9.17) is 14.4 Å². The van der Waals surface area contributed by atoms with Crippen molar-refractivity contribution >= 4 is 35.4 Å². The molecule has 0 bridgehead atoms. The van der Waals surface area contributed by atoms with Gasteiger partial charge in [-0.25, -0.2) is 9.97 Å². The van der Waals surface area contributed by atoms with Gasteiger partial charge in [-0.1, -0.05) is 104 Å². The second kappa shape index (κ2) is 9.95. The summed E-state index contributed by atoms with van der Waals surface area (Å²) < 4.78 is 5.91. The Morgan fingerprint density at radius 3 is 1.78 bits per heavy atom. The van der Waals surface area contributed by atoms with E-state index in [-0.39, 0.29) is 0 Å². The second-order valence-corrected chi connectivity index (χ2v) is 16.5. The van der Waals surface area contributed by atoms with Gasteiger partial charge in [0.05, 0.1) is 31.0 Å². The van der Waals surface area contributed by atoms with Crippen LogP contribution in [0, 0.1) is 0 Å². The van der Waals surface area contributed by atoms with E-state index in [9.17, 15) is 0 Å². The lowest BCUT2D eigenvalue weighted by molar-refractivity contribution is 0.620. The molecule has 0 aliphatic rings. The Hall–Kier alpha value is -4.87. The van der Waals surface area contributed by atoms with Gasteiger partial charge in [-0.15, -0.1) is 0 Å². The lowest BCUT2D eigenvalue weighted by atomic mass is 10.00. The molecule has 4 nitrogen and oxygen atoms in total. The number of hydrogen-bond donors (Lipinski definition) is 0. The number of fused-ring (bicyclic) bond motifs is 2. The Labute approximate surface area is 240 Å². The standard InChI is InChI=1S/C36H29N3OSi/c1-41(2,3)30-19-16-25(17-20-30)24-8-10-26(11-9-24)29-18-21-31-33(22-29)37-23-34(38-31)27-12-14-28(15-13-27)36-39-32-6-4-5-7-35(32)40-36/h4-23H,1-3H3. The minimum Gasteiger partial charge on any atom is -0.436 e. The lowest BCUT2D eigenvalue weighted by Crippen LogP contribution is -2.37. The molecule has 5 heteroatoms. The summed E-state index contributed by atoms with van der Waals surface area (Å²) in [4.78, 5) is 14.3. The smallest absolute Gasteiger partial charge is 0.227 e. The Bertz CT molecular complexity index is 1970. The number of para-hydroxylation sites is 2. The van der Waals surface area contributed by atoms with Crippen LogP contribution in [0.2, 0.25) is 19.6 Å². The van der Waals surface area contributed by atoms with Gasteiger partial charge in [0.2, 0.25) is 5.89 Å². The molecule has 7 rings (SSSR count). The number of benzene rings is 5. The first kappa shape index (κ1) is 25.1. The third kappa shape index (κ3) is 4.96. The van der Waals surface area contributed by atoms with Gasteiger partial charge < -0.3 is 4.42 Å². The highest BCUT2D eigenvalue weighted by Gasteiger charge is 2.16. The molecule has 7 aromatic rings. The van der Waals surface area contributed by atoms with Crippen LogP contribution in [0.5, 0.6) is 0 Å². The highest BCUT2D eigenvalue weighted by Crippen LogP contribution is 2.29. The minimum absolute atomic E-state index is 0.614. The number of oxazole rings is 1. The fourth-order valence-corrected chi connectivity index (χ4v) is 6.29. The predicted molar refractivity (Wildman–Crippen MR) is 172 cm³/mol. The van der Waals surface area contributed by atoms with E-state index >= 15 is 0 Å². The lowest BCUT2D eigenvalue weighted by Gasteiger charge is -2.16. The van der Waals surface area contributed by atoms with Gasteiger partial charge in [0, 0.05) is 11.1 Å². The highest BCUT2D eigenvalue weighted by atomic mass is 28.3. The van der Waals surface area contributed by atoms with Gasteiger partial charge in [-0.2, -0.15) is 0 Å². The molecule has 2 heterocycles. The predicted octanol–water partition coefficient (Wildman–Crippen LogP) is 8.98. The van der Waals surface area contributed by atoms with E-state index in [0.717, 1.165) is 50.1 Å². The highest BCUT2D eigenvalue weighted by molar-refractivity contribution is 6.88. The zero-order valence-electron chi connectivity index (χ0n) is 23.3.